The second-order valence-corrected chi connectivity index (χ2v) is 10.8. The molecule has 1 fully saturated rings. The fourth-order valence-corrected chi connectivity index (χ4v) is 5.60. The molecule has 0 saturated carbocycles. The topological polar surface area (TPSA) is 82.4 Å². The third-order valence-electron chi connectivity index (χ3n) is 7.58. The molecule has 2 aromatic heterocycles. The van der Waals surface area contributed by atoms with E-state index in [4.69, 9.17) is 11.6 Å². The Morgan fingerprint density at radius 3 is 2.64 bits per heavy atom. The van der Waals surface area contributed by atoms with Crippen LogP contribution in [0.3, 0.4) is 0 Å². The predicted octanol–water partition coefficient (Wildman–Crippen LogP) is 4.93. The van der Waals surface area contributed by atoms with Gasteiger partial charge in [-0.05, 0) is 63.3 Å². The Balaban J connectivity index is 1.24. The zero-order valence-corrected chi connectivity index (χ0v) is 22.9. The SMILES string of the molecule is CN1CCCn2c1nc1c(F)cc(-c3nc(Nc4ccc(N5CC[C@H](N(C)C)CC5=O)cc4)ncc3Cl)cc12. The molecule has 0 aliphatic carbocycles. The van der Waals surface area contributed by atoms with Gasteiger partial charge in [0.25, 0.3) is 0 Å². The molecule has 11 heteroatoms. The number of aryl methyl sites for hydroxylation is 1. The minimum atomic E-state index is -0.415. The molecule has 1 saturated heterocycles. The van der Waals surface area contributed by atoms with Crippen molar-refractivity contribution < 1.29 is 9.18 Å². The van der Waals surface area contributed by atoms with Crippen LogP contribution < -0.4 is 15.1 Å². The van der Waals surface area contributed by atoms with Gasteiger partial charge in [0, 0.05) is 56.1 Å². The number of amides is 1. The van der Waals surface area contributed by atoms with E-state index >= 15 is 4.39 Å². The maximum atomic E-state index is 15.2. The van der Waals surface area contributed by atoms with Gasteiger partial charge in [-0.15, -0.1) is 0 Å². The number of hydrogen-bond acceptors (Lipinski definition) is 7. The number of nitrogens with zero attached hydrogens (tertiary/aromatic N) is 7. The van der Waals surface area contributed by atoms with Crippen LogP contribution in [0.2, 0.25) is 5.02 Å². The van der Waals surface area contributed by atoms with Gasteiger partial charge in [-0.25, -0.2) is 19.3 Å². The highest BCUT2D eigenvalue weighted by molar-refractivity contribution is 6.33. The summed E-state index contributed by atoms with van der Waals surface area (Å²) >= 11 is 6.48. The molecule has 2 aliphatic rings. The molecule has 1 atom stereocenters. The Bertz CT molecular complexity index is 1550. The number of rotatable bonds is 5. The molecular formula is C28H30ClFN8O. The van der Waals surface area contributed by atoms with Crippen molar-refractivity contribution >= 4 is 51.8 Å². The molecule has 1 amide bonds. The van der Waals surface area contributed by atoms with Crippen LogP contribution in [-0.2, 0) is 11.3 Å². The minimum Gasteiger partial charge on any atom is -0.345 e. The minimum absolute atomic E-state index is 0.127. The molecule has 4 heterocycles. The normalized spacial score (nSPS) is 17.7. The van der Waals surface area contributed by atoms with Gasteiger partial charge < -0.3 is 24.6 Å². The van der Waals surface area contributed by atoms with Crippen LogP contribution in [-0.4, -0.2) is 70.6 Å². The summed E-state index contributed by atoms with van der Waals surface area (Å²) in [5.41, 5.74) is 3.67. The molecular weight excluding hydrogens is 519 g/mol. The van der Waals surface area contributed by atoms with Crippen molar-refractivity contribution in [2.75, 3.05) is 49.3 Å². The van der Waals surface area contributed by atoms with Crippen LogP contribution in [0.1, 0.15) is 19.3 Å². The summed E-state index contributed by atoms with van der Waals surface area (Å²) in [6.45, 7) is 2.35. The highest BCUT2D eigenvalue weighted by Crippen LogP contribution is 2.34. The van der Waals surface area contributed by atoms with Gasteiger partial charge in [-0.1, -0.05) is 11.6 Å². The Kier molecular flexibility index (Phi) is 6.60. The summed E-state index contributed by atoms with van der Waals surface area (Å²) in [5, 5.41) is 3.52. The first-order chi connectivity index (χ1) is 18.8. The lowest BCUT2D eigenvalue weighted by Gasteiger charge is -2.34. The Labute approximate surface area is 231 Å². The third kappa shape index (κ3) is 4.79. The van der Waals surface area contributed by atoms with Gasteiger partial charge in [-0.2, -0.15) is 0 Å². The van der Waals surface area contributed by atoms with Gasteiger partial charge in [0.15, 0.2) is 5.82 Å². The van der Waals surface area contributed by atoms with E-state index in [9.17, 15) is 4.79 Å². The maximum absolute atomic E-state index is 15.2. The number of halogens is 2. The maximum Gasteiger partial charge on any atom is 0.228 e. The van der Waals surface area contributed by atoms with Gasteiger partial charge in [-0.3, -0.25) is 4.79 Å². The van der Waals surface area contributed by atoms with Crippen LogP contribution in [0.15, 0.2) is 42.6 Å². The predicted molar refractivity (Wildman–Crippen MR) is 152 cm³/mol. The zero-order chi connectivity index (χ0) is 27.3. The molecule has 4 aromatic rings. The summed E-state index contributed by atoms with van der Waals surface area (Å²) in [4.78, 5) is 32.1. The Hall–Kier alpha value is -3.76. The number of aromatic nitrogens is 4. The fourth-order valence-electron chi connectivity index (χ4n) is 5.40. The average Bonchev–Trinajstić information content (AvgIpc) is 3.31. The number of piperidine rings is 1. The van der Waals surface area contributed by atoms with Crippen LogP contribution in [0.4, 0.5) is 27.7 Å². The van der Waals surface area contributed by atoms with Gasteiger partial charge in [0.05, 0.1) is 22.4 Å². The van der Waals surface area contributed by atoms with Crippen LogP contribution in [0, 0.1) is 5.82 Å². The van der Waals surface area contributed by atoms with E-state index in [-0.39, 0.29) is 11.9 Å². The standard InChI is InChI=1S/C28H30ClFN8O/c1-35(2)20-9-12-37(24(39)15-20)19-7-5-18(6-8-19)32-27-31-16-21(29)25(33-27)17-13-22(30)26-23(14-17)38-11-4-10-36(3)28(38)34-26/h5-8,13-14,16,20H,4,9-12,15H2,1-3H3,(H,31,32,33)/t20-/m0/s1. The van der Waals surface area contributed by atoms with Crippen molar-refractivity contribution in [3.05, 3.63) is 53.4 Å². The second kappa shape index (κ2) is 10.1. The highest BCUT2D eigenvalue weighted by atomic mass is 35.5. The monoisotopic (exact) mass is 548 g/mol. The molecule has 6 rings (SSSR count). The van der Waals surface area contributed by atoms with E-state index in [2.05, 4.69) is 25.2 Å². The lowest BCUT2D eigenvalue weighted by molar-refractivity contribution is -0.120. The molecule has 0 radical (unpaired) electrons. The van der Waals surface area contributed by atoms with Gasteiger partial charge in [0.2, 0.25) is 17.8 Å². The molecule has 202 valence electrons. The fraction of sp³-hybridized carbons (Fsp3) is 0.357. The molecule has 1 N–H and O–H groups in total. The van der Waals surface area contributed by atoms with E-state index in [1.54, 1.807) is 0 Å². The highest BCUT2D eigenvalue weighted by Gasteiger charge is 2.28. The van der Waals surface area contributed by atoms with E-state index in [0.29, 0.717) is 40.7 Å². The summed E-state index contributed by atoms with van der Waals surface area (Å²) < 4.78 is 17.2. The van der Waals surface area contributed by atoms with Gasteiger partial charge >= 0.3 is 0 Å². The number of hydrogen-bond donors (Lipinski definition) is 1. The molecule has 2 aliphatic heterocycles. The molecule has 9 nitrogen and oxygen atoms in total. The summed E-state index contributed by atoms with van der Waals surface area (Å²) in [6.07, 6.45) is 3.92. The van der Waals surface area contributed by atoms with Gasteiger partial charge in [0.1, 0.15) is 5.52 Å². The number of fused-ring (bicyclic) bond motifs is 3. The van der Waals surface area contributed by atoms with Crippen LogP contribution >= 0.6 is 11.6 Å². The van der Waals surface area contributed by atoms with Crippen molar-refractivity contribution in [1.29, 1.82) is 0 Å². The van der Waals surface area contributed by atoms with Crippen LogP contribution in [0.5, 0.6) is 0 Å². The van der Waals surface area contributed by atoms with Crippen LogP contribution in [0.25, 0.3) is 22.3 Å². The molecule has 2 aromatic carbocycles. The Morgan fingerprint density at radius 2 is 1.90 bits per heavy atom. The van der Waals surface area contributed by atoms with E-state index in [0.717, 1.165) is 48.8 Å². The first kappa shape index (κ1) is 25.5. The zero-order valence-electron chi connectivity index (χ0n) is 22.2. The van der Waals surface area contributed by atoms with Crippen molar-refractivity contribution in [2.45, 2.75) is 31.8 Å². The number of carbonyl (C=O) groups is 1. The van der Waals surface area contributed by atoms with E-state index in [1.165, 1.54) is 12.3 Å². The number of imidazole rings is 1. The largest absolute Gasteiger partial charge is 0.345 e. The lowest BCUT2D eigenvalue weighted by atomic mass is 10.0. The van der Waals surface area contributed by atoms with E-state index in [1.807, 2.05) is 65.8 Å². The third-order valence-corrected chi connectivity index (χ3v) is 7.86. The van der Waals surface area contributed by atoms with Crippen molar-refractivity contribution in [3.63, 3.8) is 0 Å². The molecule has 0 bridgehead atoms. The summed E-state index contributed by atoms with van der Waals surface area (Å²) in [5.74, 6) is 0.805. The lowest BCUT2D eigenvalue weighted by Crippen LogP contribution is -2.45. The number of anilines is 4. The first-order valence-electron chi connectivity index (χ1n) is 13.1. The average molecular weight is 549 g/mol. The molecule has 0 spiro atoms. The van der Waals surface area contributed by atoms with E-state index < -0.39 is 5.82 Å². The van der Waals surface area contributed by atoms with Crippen molar-refractivity contribution in [3.8, 4) is 11.3 Å². The van der Waals surface area contributed by atoms with Crippen molar-refractivity contribution in [2.24, 2.45) is 0 Å². The second-order valence-electron chi connectivity index (χ2n) is 10.4. The van der Waals surface area contributed by atoms with Crippen molar-refractivity contribution in [1.82, 2.24) is 24.4 Å². The smallest absolute Gasteiger partial charge is 0.228 e. The molecule has 0 unspecified atom stereocenters. The summed E-state index contributed by atoms with van der Waals surface area (Å²) in [6, 6.07) is 11.2. The molecule has 39 heavy (non-hydrogen) atoms. The quantitative estimate of drug-likeness (QED) is 0.379. The summed E-state index contributed by atoms with van der Waals surface area (Å²) in [7, 11) is 5.99. The first-order valence-corrected chi connectivity index (χ1v) is 13.4. The number of benzene rings is 2. The Morgan fingerprint density at radius 1 is 1.10 bits per heavy atom. The number of carbonyl (C=O) groups excluding carboxylic acids is 1. The number of nitrogens with one attached hydrogen (secondary N) is 1.